The predicted octanol–water partition coefficient (Wildman–Crippen LogP) is 3.41. The van der Waals surface area contributed by atoms with Crippen LogP contribution in [0, 0.1) is 0 Å². The number of ether oxygens (including phenoxy) is 1. The van der Waals surface area contributed by atoms with Crippen LogP contribution in [0.4, 0.5) is 0 Å². The lowest BCUT2D eigenvalue weighted by molar-refractivity contribution is -0.132. The van der Waals surface area contributed by atoms with Crippen molar-refractivity contribution < 1.29 is 9.53 Å². The Morgan fingerprint density at radius 1 is 1.23 bits per heavy atom. The monoisotopic (exact) mass is 376 g/mol. The standard InChI is InChI=1S/C21H32N2O2S/c1-16-12-22(13-17(2)25-16)14-20-10-7-11-23(20)21(24)18(3)26-15-19-8-5-4-6-9-19/h4-6,8-9,16-18,20H,7,10-15H2,1-3H3. The van der Waals surface area contributed by atoms with E-state index < -0.39 is 0 Å². The fraction of sp³-hybridized carbons (Fsp3) is 0.667. The molecule has 4 nitrogen and oxygen atoms in total. The Kier molecular flexibility index (Phi) is 7.01. The topological polar surface area (TPSA) is 32.8 Å². The second-order valence-electron chi connectivity index (χ2n) is 7.74. The van der Waals surface area contributed by atoms with Crippen LogP contribution in [-0.2, 0) is 15.3 Å². The summed E-state index contributed by atoms with van der Waals surface area (Å²) in [6.45, 7) is 10.2. The van der Waals surface area contributed by atoms with Crippen LogP contribution in [0.25, 0.3) is 0 Å². The van der Waals surface area contributed by atoms with Gasteiger partial charge < -0.3 is 9.64 Å². The number of nitrogens with zero attached hydrogens (tertiary/aromatic N) is 2. The summed E-state index contributed by atoms with van der Waals surface area (Å²) in [4.78, 5) is 17.6. The van der Waals surface area contributed by atoms with Crippen molar-refractivity contribution >= 4 is 17.7 Å². The summed E-state index contributed by atoms with van der Waals surface area (Å²) in [6.07, 6.45) is 2.82. The highest BCUT2D eigenvalue weighted by molar-refractivity contribution is 7.99. The minimum absolute atomic E-state index is 0.0124. The van der Waals surface area contributed by atoms with Crippen molar-refractivity contribution in [2.45, 2.75) is 62.9 Å². The van der Waals surface area contributed by atoms with Crippen LogP contribution in [0.3, 0.4) is 0 Å². The van der Waals surface area contributed by atoms with Gasteiger partial charge in [0.25, 0.3) is 0 Å². The third kappa shape index (κ3) is 5.24. The first-order chi connectivity index (χ1) is 12.5. The number of hydrogen-bond donors (Lipinski definition) is 0. The quantitative estimate of drug-likeness (QED) is 0.762. The van der Waals surface area contributed by atoms with Gasteiger partial charge in [0.2, 0.25) is 5.91 Å². The van der Waals surface area contributed by atoms with E-state index in [4.69, 9.17) is 4.74 Å². The van der Waals surface area contributed by atoms with E-state index in [2.05, 4.69) is 54.8 Å². The van der Waals surface area contributed by atoms with Gasteiger partial charge in [0.1, 0.15) is 0 Å². The van der Waals surface area contributed by atoms with Crippen LogP contribution in [0.2, 0.25) is 0 Å². The first-order valence-corrected chi connectivity index (χ1v) is 10.9. The lowest BCUT2D eigenvalue weighted by Gasteiger charge is -2.38. The molecule has 2 aliphatic rings. The molecule has 2 heterocycles. The molecule has 1 amide bonds. The largest absolute Gasteiger partial charge is 0.373 e. The molecule has 2 saturated heterocycles. The summed E-state index contributed by atoms with van der Waals surface area (Å²) < 4.78 is 5.84. The van der Waals surface area contributed by atoms with E-state index in [1.807, 2.05) is 6.07 Å². The van der Waals surface area contributed by atoms with Gasteiger partial charge in [-0.25, -0.2) is 0 Å². The maximum absolute atomic E-state index is 13.0. The molecule has 26 heavy (non-hydrogen) atoms. The number of carbonyl (C=O) groups excluding carboxylic acids is 1. The summed E-state index contributed by atoms with van der Waals surface area (Å²) in [6, 6.07) is 10.8. The first-order valence-electron chi connectivity index (χ1n) is 9.86. The van der Waals surface area contributed by atoms with Crippen LogP contribution in [0.5, 0.6) is 0 Å². The third-order valence-electron chi connectivity index (χ3n) is 5.31. The van der Waals surface area contributed by atoms with Crippen LogP contribution in [0.1, 0.15) is 39.2 Å². The maximum Gasteiger partial charge on any atom is 0.235 e. The molecule has 0 aliphatic carbocycles. The highest BCUT2D eigenvalue weighted by atomic mass is 32.2. The van der Waals surface area contributed by atoms with Crippen molar-refractivity contribution in [3.63, 3.8) is 0 Å². The third-order valence-corrected chi connectivity index (χ3v) is 6.52. The maximum atomic E-state index is 13.0. The Balaban J connectivity index is 1.52. The molecule has 1 aromatic rings. The Morgan fingerprint density at radius 2 is 1.92 bits per heavy atom. The zero-order valence-electron chi connectivity index (χ0n) is 16.3. The van der Waals surface area contributed by atoms with Gasteiger partial charge in [0, 0.05) is 38.0 Å². The molecule has 144 valence electrons. The van der Waals surface area contributed by atoms with Crippen molar-refractivity contribution in [1.82, 2.24) is 9.80 Å². The van der Waals surface area contributed by atoms with Gasteiger partial charge in [-0.05, 0) is 39.2 Å². The number of likely N-dealkylation sites (tertiary alicyclic amines) is 1. The highest BCUT2D eigenvalue weighted by Crippen LogP contribution is 2.25. The minimum atomic E-state index is 0.0124. The smallest absolute Gasteiger partial charge is 0.235 e. The second-order valence-corrected chi connectivity index (χ2v) is 9.07. The van der Waals surface area contributed by atoms with Gasteiger partial charge in [-0.2, -0.15) is 0 Å². The van der Waals surface area contributed by atoms with Crippen molar-refractivity contribution in [2.24, 2.45) is 0 Å². The Morgan fingerprint density at radius 3 is 2.62 bits per heavy atom. The van der Waals surface area contributed by atoms with Crippen molar-refractivity contribution in [1.29, 1.82) is 0 Å². The molecule has 2 aliphatic heterocycles. The Bertz CT molecular complexity index is 573. The highest BCUT2D eigenvalue weighted by Gasteiger charge is 2.34. The number of benzene rings is 1. The summed E-state index contributed by atoms with van der Waals surface area (Å²) in [7, 11) is 0. The first kappa shape index (κ1) is 19.7. The molecule has 3 rings (SSSR count). The second kappa shape index (κ2) is 9.25. The number of amides is 1. The van der Waals surface area contributed by atoms with Gasteiger partial charge in [-0.1, -0.05) is 30.3 Å². The molecule has 0 bridgehead atoms. The van der Waals surface area contributed by atoms with E-state index in [0.717, 1.165) is 44.8 Å². The van der Waals surface area contributed by atoms with Crippen LogP contribution in [-0.4, -0.2) is 65.4 Å². The fourth-order valence-electron chi connectivity index (χ4n) is 4.15. The van der Waals surface area contributed by atoms with E-state index in [1.165, 1.54) is 5.56 Å². The number of rotatable bonds is 6. The predicted molar refractivity (Wildman–Crippen MR) is 108 cm³/mol. The Hall–Kier alpha value is -1.04. The van der Waals surface area contributed by atoms with Crippen molar-refractivity contribution in [3.8, 4) is 0 Å². The molecule has 0 radical (unpaired) electrons. The van der Waals surface area contributed by atoms with Crippen LogP contribution >= 0.6 is 11.8 Å². The molecule has 0 saturated carbocycles. The van der Waals surface area contributed by atoms with Crippen LogP contribution < -0.4 is 0 Å². The van der Waals surface area contributed by atoms with Crippen LogP contribution in [0.15, 0.2) is 30.3 Å². The molecule has 2 fully saturated rings. The normalized spacial score (nSPS) is 28.3. The molecule has 0 aromatic heterocycles. The number of morpholine rings is 1. The lowest BCUT2D eigenvalue weighted by atomic mass is 10.1. The summed E-state index contributed by atoms with van der Waals surface area (Å²) in [5, 5.41) is 0.0124. The van der Waals surface area contributed by atoms with E-state index in [1.54, 1.807) is 11.8 Å². The lowest BCUT2D eigenvalue weighted by Crippen LogP contribution is -2.51. The minimum Gasteiger partial charge on any atom is -0.373 e. The van der Waals surface area contributed by atoms with Gasteiger partial charge >= 0.3 is 0 Å². The summed E-state index contributed by atoms with van der Waals surface area (Å²) in [5.74, 6) is 1.20. The van der Waals surface area contributed by atoms with E-state index >= 15 is 0 Å². The number of hydrogen-bond acceptors (Lipinski definition) is 4. The van der Waals surface area contributed by atoms with E-state index in [-0.39, 0.29) is 17.5 Å². The summed E-state index contributed by atoms with van der Waals surface area (Å²) >= 11 is 1.75. The van der Waals surface area contributed by atoms with Gasteiger partial charge in [0.05, 0.1) is 17.5 Å². The fourth-order valence-corrected chi connectivity index (χ4v) is 5.06. The molecule has 0 spiro atoms. The van der Waals surface area contributed by atoms with E-state index in [0.29, 0.717) is 11.9 Å². The zero-order chi connectivity index (χ0) is 18.5. The SMILES string of the molecule is CC1CN(CC2CCCN2C(=O)C(C)SCc2ccccc2)CC(C)O1. The average Bonchev–Trinajstić information content (AvgIpc) is 3.07. The summed E-state index contributed by atoms with van der Waals surface area (Å²) in [5.41, 5.74) is 1.28. The molecule has 5 heteroatoms. The molecule has 1 aromatic carbocycles. The number of thioether (sulfide) groups is 1. The van der Waals surface area contributed by atoms with Gasteiger partial charge in [-0.15, -0.1) is 11.8 Å². The Labute approximate surface area is 162 Å². The zero-order valence-corrected chi connectivity index (χ0v) is 17.1. The average molecular weight is 377 g/mol. The van der Waals surface area contributed by atoms with E-state index in [9.17, 15) is 4.79 Å². The van der Waals surface area contributed by atoms with Crippen molar-refractivity contribution in [3.05, 3.63) is 35.9 Å². The molecule has 0 N–H and O–H groups in total. The molecular formula is C21H32N2O2S. The van der Waals surface area contributed by atoms with Gasteiger partial charge in [0.15, 0.2) is 0 Å². The van der Waals surface area contributed by atoms with Crippen molar-refractivity contribution in [2.75, 3.05) is 26.2 Å². The number of carbonyl (C=O) groups is 1. The molecule has 4 atom stereocenters. The molecule has 4 unspecified atom stereocenters. The van der Waals surface area contributed by atoms with Gasteiger partial charge in [-0.3, -0.25) is 9.69 Å². The molecular weight excluding hydrogens is 344 g/mol.